The fourth-order valence-electron chi connectivity index (χ4n) is 2.79. The van der Waals surface area contributed by atoms with Gasteiger partial charge in [0.05, 0.1) is 15.2 Å². The summed E-state index contributed by atoms with van der Waals surface area (Å²) in [6.07, 6.45) is 1.40. The first-order valence-corrected chi connectivity index (χ1v) is 10.7. The third-order valence-electron chi connectivity index (χ3n) is 4.26. The molecule has 3 aromatic rings. The summed E-state index contributed by atoms with van der Waals surface area (Å²) in [5.74, 6) is -1.16. The Morgan fingerprint density at radius 3 is 2.35 bits per heavy atom. The summed E-state index contributed by atoms with van der Waals surface area (Å²) in [5, 5.41) is 18.7. The molecule has 8 nitrogen and oxygen atoms in total. The number of hydrazine groups is 1. The molecule has 5 N–H and O–H groups in total. The van der Waals surface area contributed by atoms with Crippen LogP contribution < -0.4 is 21.6 Å². The quantitative estimate of drug-likeness (QED) is 0.177. The average Bonchev–Trinajstić information content (AvgIpc) is 2.75. The summed E-state index contributed by atoms with van der Waals surface area (Å²) in [6.45, 7) is 0. The number of carbonyl (C=O) groups is 2. The SMILES string of the molecule is CNNC(=O)C(Nc1ccc2ccccc2c1)C(=O)N/N=C/c1cc(Br)c(O)c(Br)c1. The van der Waals surface area contributed by atoms with E-state index in [1.165, 1.54) is 13.3 Å². The summed E-state index contributed by atoms with van der Waals surface area (Å²) in [6, 6.07) is 15.4. The first-order valence-electron chi connectivity index (χ1n) is 9.12. The van der Waals surface area contributed by atoms with Crippen LogP contribution in [-0.2, 0) is 9.59 Å². The summed E-state index contributed by atoms with van der Waals surface area (Å²) >= 11 is 6.47. The number of fused-ring (bicyclic) bond motifs is 1. The molecule has 0 bridgehead atoms. The second-order valence-electron chi connectivity index (χ2n) is 6.45. The van der Waals surface area contributed by atoms with Crippen LogP contribution in [0.25, 0.3) is 10.8 Å². The van der Waals surface area contributed by atoms with Crippen LogP contribution in [-0.4, -0.2) is 36.2 Å². The fraction of sp³-hybridized carbons (Fsp3) is 0.0952. The van der Waals surface area contributed by atoms with Gasteiger partial charge in [0, 0.05) is 12.7 Å². The van der Waals surface area contributed by atoms with E-state index in [1.807, 2.05) is 36.4 Å². The number of anilines is 1. The van der Waals surface area contributed by atoms with E-state index >= 15 is 0 Å². The molecule has 0 saturated carbocycles. The summed E-state index contributed by atoms with van der Waals surface area (Å²) in [7, 11) is 1.53. The molecule has 0 spiro atoms. The van der Waals surface area contributed by atoms with Crippen molar-refractivity contribution in [1.82, 2.24) is 16.3 Å². The number of rotatable bonds is 7. The van der Waals surface area contributed by atoms with Crippen LogP contribution in [0.2, 0.25) is 0 Å². The Kier molecular flexibility index (Phi) is 7.61. The Hall–Kier alpha value is -2.95. The van der Waals surface area contributed by atoms with Crippen molar-refractivity contribution in [3.63, 3.8) is 0 Å². The minimum absolute atomic E-state index is 0.0598. The van der Waals surface area contributed by atoms with Crippen molar-refractivity contribution in [3.05, 3.63) is 69.1 Å². The Morgan fingerprint density at radius 1 is 1.00 bits per heavy atom. The van der Waals surface area contributed by atoms with Gasteiger partial charge in [0.1, 0.15) is 5.75 Å². The Bertz CT molecular complexity index is 1130. The van der Waals surface area contributed by atoms with E-state index in [0.717, 1.165) is 10.8 Å². The number of amides is 2. The Labute approximate surface area is 195 Å². The molecule has 1 unspecified atom stereocenters. The largest absolute Gasteiger partial charge is 0.506 e. The molecular weight excluding hydrogens is 530 g/mol. The van der Waals surface area contributed by atoms with Gasteiger partial charge < -0.3 is 10.4 Å². The Balaban J connectivity index is 1.76. The number of hydrazone groups is 1. The molecular formula is C21H19Br2N5O3. The van der Waals surface area contributed by atoms with Crippen LogP contribution in [0.4, 0.5) is 5.69 Å². The zero-order valence-corrected chi connectivity index (χ0v) is 19.5. The normalized spacial score (nSPS) is 12.0. The van der Waals surface area contributed by atoms with Gasteiger partial charge in [0.2, 0.25) is 0 Å². The predicted molar refractivity (Wildman–Crippen MR) is 128 cm³/mol. The summed E-state index contributed by atoms with van der Waals surface area (Å²) < 4.78 is 0.942. The summed E-state index contributed by atoms with van der Waals surface area (Å²) in [5.41, 5.74) is 8.54. The zero-order valence-electron chi connectivity index (χ0n) is 16.3. The zero-order chi connectivity index (χ0) is 22.4. The van der Waals surface area contributed by atoms with Crippen LogP contribution in [0.3, 0.4) is 0 Å². The van der Waals surface area contributed by atoms with E-state index in [9.17, 15) is 14.7 Å². The maximum Gasteiger partial charge on any atom is 0.272 e. The minimum Gasteiger partial charge on any atom is -0.506 e. The second-order valence-corrected chi connectivity index (χ2v) is 8.15. The third kappa shape index (κ3) is 5.81. The molecule has 0 aromatic heterocycles. The van der Waals surface area contributed by atoms with E-state index < -0.39 is 17.9 Å². The third-order valence-corrected chi connectivity index (χ3v) is 5.47. The Morgan fingerprint density at radius 2 is 1.68 bits per heavy atom. The van der Waals surface area contributed by atoms with Crippen molar-refractivity contribution in [3.8, 4) is 5.75 Å². The lowest BCUT2D eigenvalue weighted by Gasteiger charge is -2.18. The molecule has 0 aliphatic heterocycles. The maximum atomic E-state index is 12.7. The number of halogens is 2. The topological polar surface area (TPSA) is 115 Å². The lowest BCUT2D eigenvalue weighted by molar-refractivity contribution is -0.130. The number of carbonyl (C=O) groups excluding carboxylic acids is 2. The van der Waals surface area contributed by atoms with Gasteiger partial charge in [0.25, 0.3) is 11.8 Å². The van der Waals surface area contributed by atoms with Crippen LogP contribution in [0.15, 0.2) is 68.6 Å². The first kappa shape index (κ1) is 22.7. The molecule has 0 aliphatic rings. The van der Waals surface area contributed by atoms with Crippen LogP contribution in [0.5, 0.6) is 5.75 Å². The molecule has 0 radical (unpaired) electrons. The number of nitrogens with one attached hydrogen (secondary N) is 4. The van der Waals surface area contributed by atoms with Crippen molar-refractivity contribution in [2.24, 2.45) is 5.10 Å². The molecule has 0 fully saturated rings. The van der Waals surface area contributed by atoms with E-state index in [-0.39, 0.29) is 5.75 Å². The van der Waals surface area contributed by atoms with E-state index in [4.69, 9.17) is 0 Å². The molecule has 3 rings (SSSR count). The molecule has 0 saturated heterocycles. The highest BCUT2D eigenvalue weighted by atomic mass is 79.9. The molecule has 2 amide bonds. The number of benzene rings is 3. The molecule has 31 heavy (non-hydrogen) atoms. The van der Waals surface area contributed by atoms with Gasteiger partial charge >= 0.3 is 0 Å². The lowest BCUT2D eigenvalue weighted by atomic mass is 10.1. The molecule has 1 atom stereocenters. The highest BCUT2D eigenvalue weighted by Gasteiger charge is 2.26. The minimum atomic E-state index is -1.23. The number of aromatic hydroxyl groups is 1. The van der Waals surface area contributed by atoms with Gasteiger partial charge in [-0.3, -0.25) is 15.0 Å². The highest BCUT2D eigenvalue weighted by Crippen LogP contribution is 2.32. The molecule has 0 heterocycles. The smallest absolute Gasteiger partial charge is 0.272 e. The molecule has 0 aliphatic carbocycles. The van der Waals surface area contributed by atoms with E-state index in [1.54, 1.807) is 18.2 Å². The molecule has 160 valence electrons. The molecule has 3 aromatic carbocycles. The van der Waals surface area contributed by atoms with Gasteiger partial charge in [-0.05, 0) is 72.5 Å². The number of nitrogens with zero attached hydrogens (tertiary/aromatic N) is 1. The standard InChI is InChI=1S/C21H19Br2N5O3/c1-24-27-20(30)18(26-15-7-6-13-4-2-3-5-14(13)10-15)21(31)28-25-11-12-8-16(22)19(29)17(23)9-12/h2-11,18,24,26,29H,1H3,(H,27,30)(H,28,31)/b25-11+. The van der Waals surface area contributed by atoms with Gasteiger partial charge in [-0.25, -0.2) is 10.9 Å². The first-order chi connectivity index (χ1) is 14.9. The highest BCUT2D eigenvalue weighted by molar-refractivity contribution is 9.11. The van der Waals surface area contributed by atoms with Crippen molar-refractivity contribution in [1.29, 1.82) is 0 Å². The number of hydrogen-bond acceptors (Lipinski definition) is 6. The van der Waals surface area contributed by atoms with Crippen LogP contribution in [0, 0.1) is 0 Å². The number of phenols is 1. The van der Waals surface area contributed by atoms with Gasteiger partial charge in [0.15, 0.2) is 6.04 Å². The number of phenolic OH excluding ortho intramolecular Hbond substituents is 1. The van der Waals surface area contributed by atoms with Crippen molar-refractivity contribution >= 4 is 66.3 Å². The predicted octanol–water partition coefficient (Wildman–Crippen LogP) is 3.25. The van der Waals surface area contributed by atoms with Gasteiger partial charge in [-0.15, -0.1) is 0 Å². The maximum absolute atomic E-state index is 12.7. The van der Waals surface area contributed by atoms with Crippen molar-refractivity contribution in [2.45, 2.75) is 6.04 Å². The van der Waals surface area contributed by atoms with E-state index in [2.05, 4.69) is 58.6 Å². The second kappa shape index (κ2) is 10.4. The van der Waals surface area contributed by atoms with E-state index in [0.29, 0.717) is 20.2 Å². The van der Waals surface area contributed by atoms with Gasteiger partial charge in [-0.2, -0.15) is 5.10 Å². The van der Waals surface area contributed by atoms with Crippen LogP contribution >= 0.6 is 31.9 Å². The van der Waals surface area contributed by atoms with Gasteiger partial charge in [-0.1, -0.05) is 30.3 Å². The molecule has 10 heteroatoms. The fourth-order valence-corrected chi connectivity index (χ4v) is 4.01. The summed E-state index contributed by atoms with van der Waals surface area (Å²) in [4.78, 5) is 25.1. The monoisotopic (exact) mass is 547 g/mol. The van der Waals surface area contributed by atoms with Crippen molar-refractivity contribution in [2.75, 3.05) is 12.4 Å². The number of hydrogen-bond donors (Lipinski definition) is 5. The van der Waals surface area contributed by atoms with Crippen molar-refractivity contribution < 1.29 is 14.7 Å². The average molecular weight is 549 g/mol. The lowest BCUT2D eigenvalue weighted by Crippen LogP contribution is -2.51. The van der Waals surface area contributed by atoms with Crippen LogP contribution in [0.1, 0.15) is 5.56 Å².